The maximum atomic E-state index is 13.2. The van der Waals surface area contributed by atoms with Crippen molar-refractivity contribution in [3.05, 3.63) is 77.6 Å². The van der Waals surface area contributed by atoms with Crippen LogP contribution < -0.4 is 5.43 Å². The highest BCUT2D eigenvalue weighted by molar-refractivity contribution is 5.97. The summed E-state index contributed by atoms with van der Waals surface area (Å²) in [4.78, 5) is 38.3. The van der Waals surface area contributed by atoms with Gasteiger partial charge >= 0.3 is 5.97 Å². The number of likely N-dealkylation sites (tertiary alicyclic amines) is 1. The Balaban J connectivity index is 1.50. The van der Waals surface area contributed by atoms with Crippen LogP contribution in [0, 0.1) is 0 Å². The number of hydrogen-bond donors (Lipinski definition) is 5. The number of H-pyrrole nitrogens is 1. The molecule has 3 aromatic rings. The fourth-order valence-corrected chi connectivity index (χ4v) is 3.87. The van der Waals surface area contributed by atoms with Crippen molar-refractivity contribution in [2.24, 2.45) is 0 Å². The number of nitrogens with one attached hydrogen (secondary N) is 2. The van der Waals surface area contributed by atoms with Gasteiger partial charge < -0.3 is 20.2 Å². The molecular formula is C25H27N5O6. The first kappa shape index (κ1) is 25.0. The molecule has 0 spiro atoms. The second-order valence-electron chi connectivity index (χ2n) is 8.53. The molecule has 1 aliphatic rings. The molecular weight excluding hydrogens is 466 g/mol. The van der Waals surface area contributed by atoms with Gasteiger partial charge in [0.1, 0.15) is 5.69 Å². The Bertz CT molecular complexity index is 1210. The van der Waals surface area contributed by atoms with Gasteiger partial charge in [-0.25, -0.2) is 10.2 Å². The van der Waals surface area contributed by atoms with E-state index in [0.29, 0.717) is 13.0 Å². The number of carboxylic acids is 1. The average Bonchev–Trinajstić information content (AvgIpc) is 3.56. The SMILES string of the molecule is O=C(O)C(O)CNN(Cc1ccc(-c2ccccc2)cc1)C(=O)c1cc(C(=O)N2CC[C@H](O)C2)n[nH]1. The monoisotopic (exact) mass is 493 g/mol. The van der Waals surface area contributed by atoms with E-state index in [1.165, 1.54) is 11.0 Å². The molecule has 1 aliphatic heterocycles. The Kier molecular flexibility index (Phi) is 7.74. The molecule has 1 aromatic heterocycles. The lowest BCUT2D eigenvalue weighted by atomic mass is 10.0. The third-order valence-corrected chi connectivity index (χ3v) is 5.89. The molecule has 2 heterocycles. The standard InChI is InChI=1S/C25H27N5O6/c31-19-10-11-29(15-19)23(33)20-12-21(28-27-20)24(34)30(26-13-22(32)25(35)36)14-16-6-8-18(9-7-16)17-4-2-1-3-5-17/h1-9,12,19,22,26,31-32H,10-11,13-15H2,(H,27,28)(H,35,36)/t19-,22?/m0/s1. The van der Waals surface area contributed by atoms with E-state index in [0.717, 1.165) is 21.7 Å². The Morgan fingerprint density at radius 1 is 1.11 bits per heavy atom. The molecule has 2 amide bonds. The minimum absolute atomic E-state index is 0.0105. The zero-order valence-corrected chi connectivity index (χ0v) is 19.4. The summed E-state index contributed by atoms with van der Waals surface area (Å²) in [5.74, 6) is -2.42. The number of aromatic nitrogens is 2. The fourth-order valence-electron chi connectivity index (χ4n) is 3.87. The normalized spacial score (nSPS) is 16.1. The van der Waals surface area contributed by atoms with Gasteiger partial charge in [0, 0.05) is 19.2 Å². The third kappa shape index (κ3) is 5.95. The number of nitrogens with zero attached hydrogens (tertiary/aromatic N) is 3. The summed E-state index contributed by atoms with van der Waals surface area (Å²) in [6.07, 6.45) is -1.82. The van der Waals surface area contributed by atoms with E-state index in [1.807, 2.05) is 54.6 Å². The van der Waals surface area contributed by atoms with E-state index in [9.17, 15) is 24.6 Å². The van der Waals surface area contributed by atoms with Gasteiger partial charge in [-0.3, -0.25) is 19.7 Å². The number of carbonyl (C=O) groups is 3. The van der Waals surface area contributed by atoms with E-state index >= 15 is 0 Å². The molecule has 1 fully saturated rings. The highest BCUT2D eigenvalue weighted by atomic mass is 16.4. The van der Waals surface area contributed by atoms with Gasteiger partial charge in [-0.1, -0.05) is 54.6 Å². The lowest BCUT2D eigenvalue weighted by Gasteiger charge is -2.24. The highest BCUT2D eigenvalue weighted by Gasteiger charge is 2.28. The topological polar surface area (TPSA) is 159 Å². The molecule has 1 unspecified atom stereocenters. The van der Waals surface area contributed by atoms with Crippen LogP contribution in [-0.2, 0) is 11.3 Å². The second kappa shape index (κ2) is 11.1. The summed E-state index contributed by atoms with van der Waals surface area (Å²) in [6.45, 7) is 0.250. The first-order valence-electron chi connectivity index (χ1n) is 11.4. The fraction of sp³-hybridized carbons (Fsp3) is 0.280. The number of carbonyl (C=O) groups excluding carboxylic acids is 2. The first-order valence-corrected chi connectivity index (χ1v) is 11.4. The number of aliphatic hydroxyl groups excluding tert-OH is 2. The van der Waals surface area contributed by atoms with E-state index in [1.54, 1.807) is 0 Å². The summed E-state index contributed by atoms with van der Waals surface area (Å²) < 4.78 is 0. The largest absolute Gasteiger partial charge is 0.479 e. The smallest absolute Gasteiger partial charge is 0.333 e. The third-order valence-electron chi connectivity index (χ3n) is 5.89. The van der Waals surface area contributed by atoms with Gasteiger partial charge in [0.15, 0.2) is 11.8 Å². The number of aliphatic hydroxyl groups is 2. The van der Waals surface area contributed by atoms with E-state index in [4.69, 9.17) is 5.11 Å². The maximum absolute atomic E-state index is 13.2. The van der Waals surface area contributed by atoms with Gasteiger partial charge in [0.2, 0.25) is 0 Å². The van der Waals surface area contributed by atoms with Crippen LogP contribution >= 0.6 is 0 Å². The number of hydrogen-bond acceptors (Lipinski definition) is 7. The van der Waals surface area contributed by atoms with Crippen LogP contribution in [0.4, 0.5) is 0 Å². The van der Waals surface area contributed by atoms with Crippen LogP contribution in [0.2, 0.25) is 0 Å². The first-order chi connectivity index (χ1) is 17.3. The number of β-amino-alcohol motifs (C(OH)–C–C–N with tert-alkyl or cyclic N) is 1. The molecule has 0 radical (unpaired) electrons. The van der Waals surface area contributed by atoms with Crippen molar-refractivity contribution >= 4 is 17.8 Å². The minimum Gasteiger partial charge on any atom is -0.479 e. The number of benzene rings is 2. The molecule has 0 saturated carbocycles. The van der Waals surface area contributed by atoms with Crippen molar-refractivity contribution in [1.29, 1.82) is 0 Å². The van der Waals surface area contributed by atoms with Crippen molar-refractivity contribution in [2.75, 3.05) is 19.6 Å². The molecule has 11 nitrogen and oxygen atoms in total. The van der Waals surface area contributed by atoms with Crippen LogP contribution in [0.1, 0.15) is 33.0 Å². The maximum Gasteiger partial charge on any atom is 0.333 e. The van der Waals surface area contributed by atoms with E-state index in [-0.39, 0.29) is 24.5 Å². The van der Waals surface area contributed by atoms with Gasteiger partial charge in [-0.2, -0.15) is 5.10 Å². The molecule has 5 N–H and O–H groups in total. The van der Waals surface area contributed by atoms with Crippen LogP contribution in [0.5, 0.6) is 0 Å². The Morgan fingerprint density at radius 3 is 2.44 bits per heavy atom. The predicted molar refractivity (Wildman–Crippen MR) is 129 cm³/mol. The lowest BCUT2D eigenvalue weighted by molar-refractivity contribution is -0.146. The zero-order chi connectivity index (χ0) is 25.7. The zero-order valence-electron chi connectivity index (χ0n) is 19.4. The van der Waals surface area contributed by atoms with Crippen molar-refractivity contribution in [2.45, 2.75) is 25.2 Å². The van der Waals surface area contributed by atoms with Gasteiger partial charge in [-0.15, -0.1) is 0 Å². The number of aliphatic carboxylic acids is 1. The number of carboxylic acid groups (broad SMARTS) is 1. The van der Waals surface area contributed by atoms with E-state index in [2.05, 4.69) is 15.6 Å². The van der Waals surface area contributed by atoms with Crippen molar-refractivity contribution in [1.82, 2.24) is 25.5 Å². The Morgan fingerprint density at radius 2 is 1.81 bits per heavy atom. The molecule has 4 rings (SSSR count). The van der Waals surface area contributed by atoms with Crippen LogP contribution in [0.25, 0.3) is 11.1 Å². The second-order valence-corrected chi connectivity index (χ2v) is 8.53. The molecule has 36 heavy (non-hydrogen) atoms. The summed E-state index contributed by atoms with van der Waals surface area (Å²) in [6, 6.07) is 18.6. The number of hydrazine groups is 1. The van der Waals surface area contributed by atoms with Crippen LogP contribution in [-0.4, -0.2) is 85.1 Å². The van der Waals surface area contributed by atoms with Crippen LogP contribution in [0.15, 0.2) is 60.7 Å². The predicted octanol–water partition coefficient (Wildman–Crippen LogP) is 0.876. The van der Waals surface area contributed by atoms with Crippen molar-refractivity contribution < 1.29 is 29.7 Å². The minimum atomic E-state index is -1.72. The van der Waals surface area contributed by atoms with Crippen molar-refractivity contribution in [3.8, 4) is 11.1 Å². The van der Waals surface area contributed by atoms with Gasteiger partial charge in [0.05, 0.1) is 19.2 Å². The number of rotatable bonds is 9. The number of aromatic amines is 1. The van der Waals surface area contributed by atoms with Gasteiger partial charge in [-0.05, 0) is 23.1 Å². The highest BCUT2D eigenvalue weighted by Crippen LogP contribution is 2.20. The summed E-state index contributed by atoms with van der Waals surface area (Å²) in [5.41, 5.74) is 5.50. The molecule has 2 aromatic carbocycles. The Labute approximate surface area is 206 Å². The van der Waals surface area contributed by atoms with Gasteiger partial charge in [0.25, 0.3) is 11.8 Å². The van der Waals surface area contributed by atoms with Crippen molar-refractivity contribution in [3.63, 3.8) is 0 Å². The molecule has 188 valence electrons. The number of amides is 2. The Hall–Kier alpha value is -4.06. The molecule has 0 aliphatic carbocycles. The summed E-state index contributed by atoms with van der Waals surface area (Å²) >= 11 is 0. The average molecular weight is 494 g/mol. The quantitative estimate of drug-likeness (QED) is 0.275. The molecule has 11 heteroatoms. The molecule has 1 saturated heterocycles. The lowest BCUT2D eigenvalue weighted by Crippen LogP contribution is -2.47. The molecule has 2 atom stereocenters. The van der Waals surface area contributed by atoms with E-state index < -0.39 is 36.5 Å². The summed E-state index contributed by atoms with van der Waals surface area (Å²) in [7, 11) is 0. The molecule has 0 bridgehead atoms. The summed E-state index contributed by atoms with van der Waals surface area (Å²) in [5, 5.41) is 36.0. The van der Waals surface area contributed by atoms with Crippen LogP contribution in [0.3, 0.4) is 0 Å².